The van der Waals surface area contributed by atoms with E-state index in [9.17, 15) is 4.79 Å². The Labute approximate surface area is 223 Å². The van der Waals surface area contributed by atoms with Crippen LogP contribution in [0.3, 0.4) is 0 Å². The number of hydrogen-bond donors (Lipinski definition) is 1. The van der Waals surface area contributed by atoms with Crippen molar-refractivity contribution >= 4 is 29.7 Å². The van der Waals surface area contributed by atoms with Gasteiger partial charge in [0.05, 0.1) is 0 Å². The van der Waals surface area contributed by atoms with E-state index >= 15 is 0 Å². The number of rotatable bonds is 15. The van der Waals surface area contributed by atoms with Crippen LogP contribution in [0, 0.1) is 0 Å². The van der Waals surface area contributed by atoms with Crippen molar-refractivity contribution in [3.05, 3.63) is 82.5 Å². The lowest BCUT2D eigenvalue weighted by Crippen LogP contribution is -2.37. The molecule has 1 aliphatic rings. The first kappa shape index (κ1) is 28.0. The standard InChI is InChI=1S/C31H42ClN3O/c1-5-25-13-9-14-26(29(25)23-34(4)30(16-11-21-36)24(2)33-3)12-7-6-8-19-35-20-10-15-27-17-18-28(32)22-31(27)35/h5,9,13-14,17-18,21-22,30,33H,1-2,6-8,10-12,15-16,19-20,23H2,3-4H3. The SMILES string of the molecule is C=Cc1cccc(CCCCCN2CCCc3ccc(Cl)cc32)c1CN(C)C(CCC=O)C(=C)NC. The highest BCUT2D eigenvalue weighted by atomic mass is 35.5. The number of nitrogens with zero attached hydrogens (tertiary/aromatic N) is 2. The average Bonchev–Trinajstić information content (AvgIpc) is 2.89. The molecule has 5 heteroatoms. The number of fused-ring (bicyclic) bond motifs is 1. The Morgan fingerprint density at radius 2 is 2.08 bits per heavy atom. The van der Waals surface area contributed by atoms with Crippen LogP contribution in [0.4, 0.5) is 5.69 Å². The van der Waals surface area contributed by atoms with Gasteiger partial charge in [0.15, 0.2) is 0 Å². The number of unbranched alkanes of at least 4 members (excludes halogenated alkanes) is 2. The van der Waals surface area contributed by atoms with Gasteiger partial charge in [0, 0.05) is 55.6 Å². The predicted octanol–water partition coefficient (Wildman–Crippen LogP) is 6.66. The molecule has 3 rings (SSSR count). The van der Waals surface area contributed by atoms with E-state index < -0.39 is 0 Å². The molecule has 0 aliphatic carbocycles. The van der Waals surface area contributed by atoms with Gasteiger partial charge >= 0.3 is 0 Å². The molecule has 1 N–H and O–H groups in total. The van der Waals surface area contributed by atoms with Gasteiger partial charge in [0.1, 0.15) is 6.29 Å². The molecule has 0 spiro atoms. The molecule has 1 aliphatic heterocycles. The number of aryl methyl sites for hydroxylation is 2. The van der Waals surface area contributed by atoms with Crippen LogP contribution in [0.15, 0.2) is 55.3 Å². The molecule has 0 bridgehead atoms. The molecule has 0 amide bonds. The van der Waals surface area contributed by atoms with Gasteiger partial charge in [-0.25, -0.2) is 0 Å². The maximum absolute atomic E-state index is 11.0. The van der Waals surface area contributed by atoms with Crippen LogP contribution < -0.4 is 10.2 Å². The highest BCUT2D eigenvalue weighted by Gasteiger charge is 2.20. The summed E-state index contributed by atoms with van der Waals surface area (Å²) in [5.41, 5.74) is 7.59. The number of nitrogens with one attached hydrogen (secondary N) is 1. The molecule has 0 radical (unpaired) electrons. The van der Waals surface area contributed by atoms with Crippen molar-refractivity contribution in [1.29, 1.82) is 0 Å². The Morgan fingerprint density at radius 3 is 2.83 bits per heavy atom. The minimum Gasteiger partial charge on any atom is -0.391 e. The van der Waals surface area contributed by atoms with Gasteiger partial charge in [-0.3, -0.25) is 4.90 Å². The third-order valence-corrected chi connectivity index (χ3v) is 7.62. The third kappa shape index (κ3) is 7.47. The molecule has 0 aromatic heterocycles. The zero-order valence-electron chi connectivity index (χ0n) is 22.1. The van der Waals surface area contributed by atoms with Crippen LogP contribution in [0.1, 0.15) is 60.8 Å². The Bertz CT molecular complexity index is 1030. The van der Waals surface area contributed by atoms with Gasteiger partial charge in [0.25, 0.3) is 0 Å². The highest BCUT2D eigenvalue weighted by molar-refractivity contribution is 6.30. The lowest BCUT2D eigenvalue weighted by Gasteiger charge is -2.31. The zero-order valence-corrected chi connectivity index (χ0v) is 22.8. The summed E-state index contributed by atoms with van der Waals surface area (Å²) in [4.78, 5) is 15.8. The number of halogens is 1. The quantitative estimate of drug-likeness (QED) is 0.216. The smallest absolute Gasteiger partial charge is 0.120 e. The number of benzene rings is 2. The molecule has 0 saturated heterocycles. The van der Waals surface area contributed by atoms with Crippen molar-refractivity contribution in [2.45, 2.75) is 64.0 Å². The number of carbonyl (C=O) groups excluding carboxylic acids is 1. The Balaban J connectivity index is 1.59. The molecule has 2 aromatic carbocycles. The van der Waals surface area contributed by atoms with Gasteiger partial charge < -0.3 is 15.0 Å². The Kier molecular flexibility index (Phi) is 11.1. The first-order valence-electron chi connectivity index (χ1n) is 13.3. The largest absolute Gasteiger partial charge is 0.391 e. The molecular weight excluding hydrogens is 466 g/mol. The summed E-state index contributed by atoms with van der Waals surface area (Å²) in [5, 5.41) is 4.01. The van der Waals surface area contributed by atoms with Gasteiger partial charge in [-0.15, -0.1) is 0 Å². The summed E-state index contributed by atoms with van der Waals surface area (Å²) in [6.07, 6.45) is 11.2. The first-order chi connectivity index (χ1) is 17.5. The number of aldehydes is 1. The fraction of sp³-hybridized carbons (Fsp3) is 0.452. The minimum atomic E-state index is 0.104. The molecule has 4 nitrogen and oxygen atoms in total. The minimum absolute atomic E-state index is 0.104. The summed E-state index contributed by atoms with van der Waals surface area (Å²) in [6.45, 7) is 11.2. The molecule has 1 atom stereocenters. The van der Waals surface area contributed by atoms with E-state index in [1.54, 1.807) is 0 Å². The van der Waals surface area contributed by atoms with E-state index in [4.69, 9.17) is 11.6 Å². The normalized spacial score (nSPS) is 13.8. The summed E-state index contributed by atoms with van der Waals surface area (Å²) in [6, 6.07) is 13.0. The van der Waals surface area contributed by atoms with Gasteiger partial charge in [-0.05, 0) is 80.0 Å². The van der Waals surface area contributed by atoms with Crippen LogP contribution in [0.5, 0.6) is 0 Å². The maximum atomic E-state index is 11.0. The zero-order chi connectivity index (χ0) is 25.9. The molecule has 0 saturated carbocycles. The molecule has 1 heterocycles. The van der Waals surface area contributed by atoms with Crippen molar-refractivity contribution in [3.63, 3.8) is 0 Å². The average molecular weight is 508 g/mol. The second-order valence-electron chi connectivity index (χ2n) is 9.81. The van der Waals surface area contributed by atoms with E-state index in [2.05, 4.69) is 65.7 Å². The lowest BCUT2D eigenvalue weighted by molar-refractivity contribution is -0.108. The van der Waals surface area contributed by atoms with Crippen LogP contribution >= 0.6 is 11.6 Å². The Morgan fingerprint density at radius 1 is 1.25 bits per heavy atom. The van der Waals surface area contributed by atoms with E-state index in [0.717, 1.165) is 62.3 Å². The lowest BCUT2D eigenvalue weighted by atomic mass is 9.95. The van der Waals surface area contributed by atoms with Gasteiger partial charge in [-0.1, -0.05) is 61.5 Å². The van der Waals surface area contributed by atoms with Crippen molar-refractivity contribution in [1.82, 2.24) is 10.2 Å². The maximum Gasteiger partial charge on any atom is 0.120 e. The van der Waals surface area contributed by atoms with E-state index in [1.165, 1.54) is 47.2 Å². The van der Waals surface area contributed by atoms with Gasteiger partial charge in [-0.2, -0.15) is 0 Å². The summed E-state index contributed by atoms with van der Waals surface area (Å²) in [5.74, 6) is 0. The molecule has 0 fully saturated rings. The number of hydrogen-bond acceptors (Lipinski definition) is 4. The predicted molar refractivity (Wildman–Crippen MR) is 155 cm³/mol. The highest BCUT2D eigenvalue weighted by Crippen LogP contribution is 2.30. The fourth-order valence-corrected chi connectivity index (χ4v) is 5.50. The summed E-state index contributed by atoms with van der Waals surface area (Å²) in [7, 11) is 4.01. The topological polar surface area (TPSA) is 35.6 Å². The van der Waals surface area contributed by atoms with Crippen molar-refractivity contribution in [2.75, 3.05) is 32.1 Å². The van der Waals surface area contributed by atoms with Crippen LogP contribution in [0.2, 0.25) is 5.02 Å². The third-order valence-electron chi connectivity index (χ3n) is 7.39. The van der Waals surface area contributed by atoms with Crippen LogP contribution in [-0.2, 0) is 24.2 Å². The number of likely N-dealkylation sites (N-methyl/N-ethyl adjacent to an activating group) is 2. The van der Waals surface area contributed by atoms with E-state index in [-0.39, 0.29) is 6.04 Å². The summed E-state index contributed by atoms with van der Waals surface area (Å²) >= 11 is 6.28. The van der Waals surface area contributed by atoms with Crippen molar-refractivity contribution in [3.8, 4) is 0 Å². The second kappa shape index (κ2) is 14.2. The van der Waals surface area contributed by atoms with Crippen LogP contribution in [0.25, 0.3) is 6.08 Å². The first-order valence-corrected chi connectivity index (χ1v) is 13.6. The van der Waals surface area contributed by atoms with E-state index in [0.29, 0.717) is 6.42 Å². The molecule has 194 valence electrons. The molecule has 2 aromatic rings. The molecular formula is C31H42ClN3O. The monoisotopic (exact) mass is 507 g/mol. The van der Waals surface area contributed by atoms with Crippen molar-refractivity contribution < 1.29 is 4.79 Å². The van der Waals surface area contributed by atoms with Gasteiger partial charge in [0.2, 0.25) is 0 Å². The fourth-order valence-electron chi connectivity index (χ4n) is 5.34. The van der Waals surface area contributed by atoms with Crippen molar-refractivity contribution in [2.24, 2.45) is 0 Å². The Hall–Kier alpha value is -2.56. The summed E-state index contributed by atoms with van der Waals surface area (Å²) < 4.78 is 0. The van der Waals surface area contributed by atoms with Crippen LogP contribution in [-0.4, -0.2) is 44.4 Å². The number of carbonyl (C=O) groups is 1. The number of anilines is 1. The molecule has 1 unspecified atom stereocenters. The molecule has 36 heavy (non-hydrogen) atoms. The van der Waals surface area contributed by atoms with E-state index in [1.807, 2.05) is 19.2 Å². The second-order valence-corrected chi connectivity index (χ2v) is 10.2.